The molecule has 0 saturated heterocycles. The van der Waals surface area contributed by atoms with E-state index in [1.807, 2.05) is 31.2 Å². The third kappa shape index (κ3) is 2.02. The Morgan fingerprint density at radius 3 is 2.83 bits per heavy atom. The minimum atomic E-state index is 0.495. The van der Waals surface area contributed by atoms with Crippen molar-refractivity contribution in [1.82, 2.24) is 15.0 Å². The Morgan fingerprint density at radius 1 is 1.11 bits per heavy atom. The molecule has 0 radical (unpaired) electrons. The highest BCUT2D eigenvalue weighted by molar-refractivity contribution is 7.71. The molecule has 4 heteroatoms. The molecule has 0 fully saturated rings. The topological polar surface area (TPSA) is 41.6 Å². The maximum atomic E-state index is 5.03. The highest BCUT2D eigenvalue weighted by atomic mass is 32.1. The predicted octanol–water partition coefficient (Wildman–Crippen LogP) is 3.66. The van der Waals surface area contributed by atoms with E-state index in [4.69, 9.17) is 12.2 Å². The fourth-order valence-corrected chi connectivity index (χ4v) is 2.10. The highest BCUT2D eigenvalue weighted by Crippen LogP contribution is 2.21. The molecule has 3 aromatic rings. The van der Waals surface area contributed by atoms with Crippen molar-refractivity contribution in [2.24, 2.45) is 0 Å². The molecule has 3 nitrogen and oxygen atoms in total. The van der Waals surface area contributed by atoms with Gasteiger partial charge in [-0.2, -0.15) is 0 Å². The summed E-state index contributed by atoms with van der Waals surface area (Å²) in [5.74, 6) is 0. The Kier molecular flexibility index (Phi) is 2.64. The van der Waals surface area contributed by atoms with Gasteiger partial charge in [-0.1, -0.05) is 12.1 Å². The number of aryl methyl sites for hydroxylation is 1. The monoisotopic (exact) mass is 253 g/mol. The summed E-state index contributed by atoms with van der Waals surface area (Å²) in [6, 6.07) is 12.2. The molecule has 0 aliphatic heterocycles. The number of aromatic nitrogens is 3. The van der Waals surface area contributed by atoms with Crippen LogP contribution in [0.1, 0.15) is 5.69 Å². The van der Waals surface area contributed by atoms with Gasteiger partial charge >= 0.3 is 0 Å². The first-order valence-electron chi connectivity index (χ1n) is 5.65. The van der Waals surface area contributed by atoms with Crippen LogP contribution in [0.3, 0.4) is 0 Å². The van der Waals surface area contributed by atoms with Crippen molar-refractivity contribution in [3.63, 3.8) is 0 Å². The van der Waals surface area contributed by atoms with Gasteiger partial charge in [0.25, 0.3) is 0 Å². The predicted molar refractivity (Wildman–Crippen MR) is 74.9 cm³/mol. The Labute approximate surface area is 110 Å². The lowest BCUT2D eigenvalue weighted by Gasteiger charge is -2.04. The number of pyridine rings is 1. The van der Waals surface area contributed by atoms with Gasteiger partial charge in [-0.3, -0.25) is 4.98 Å². The van der Waals surface area contributed by atoms with Crippen molar-refractivity contribution in [1.29, 1.82) is 0 Å². The Morgan fingerprint density at radius 2 is 2.00 bits per heavy atom. The minimum Gasteiger partial charge on any atom is -0.330 e. The molecule has 0 bridgehead atoms. The molecular formula is C14H11N3S. The molecule has 0 aliphatic carbocycles. The summed E-state index contributed by atoms with van der Waals surface area (Å²) < 4.78 is 0.495. The van der Waals surface area contributed by atoms with Gasteiger partial charge in [-0.25, -0.2) is 4.98 Å². The van der Waals surface area contributed by atoms with Crippen LogP contribution in [0.25, 0.3) is 22.2 Å². The van der Waals surface area contributed by atoms with Crippen molar-refractivity contribution >= 4 is 23.1 Å². The summed E-state index contributed by atoms with van der Waals surface area (Å²) in [5.41, 5.74) is 4.09. The number of benzene rings is 1. The van der Waals surface area contributed by atoms with Crippen LogP contribution in [0.4, 0.5) is 0 Å². The summed E-state index contributed by atoms with van der Waals surface area (Å²) in [5, 5.41) is 1.12. The van der Waals surface area contributed by atoms with E-state index in [1.54, 1.807) is 6.20 Å². The standard InChI is InChI=1S/C14H11N3S/c1-9-2-3-10-8-11(4-5-12(10)16-9)13-6-7-15-14(18)17-13/h2-8H,1H3,(H,15,17,18). The number of H-pyrrole nitrogens is 1. The van der Waals surface area contributed by atoms with Crippen LogP contribution in [-0.2, 0) is 0 Å². The number of hydrogen-bond acceptors (Lipinski definition) is 3. The number of aromatic amines is 1. The molecule has 2 aromatic heterocycles. The fraction of sp³-hybridized carbons (Fsp3) is 0.0714. The van der Waals surface area contributed by atoms with E-state index in [9.17, 15) is 0 Å². The minimum absolute atomic E-state index is 0.495. The molecule has 1 N–H and O–H groups in total. The first kappa shape index (κ1) is 11.0. The lowest BCUT2D eigenvalue weighted by molar-refractivity contribution is 1.14. The van der Waals surface area contributed by atoms with E-state index in [1.165, 1.54) is 0 Å². The van der Waals surface area contributed by atoms with Crippen molar-refractivity contribution in [2.45, 2.75) is 6.92 Å². The number of hydrogen-bond donors (Lipinski definition) is 1. The van der Waals surface area contributed by atoms with E-state index in [2.05, 4.69) is 27.1 Å². The Balaban J connectivity index is 2.19. The molecule has 0 amide bonds. The second-order valence-electron chi connectivity index (χ2n) is 4.15. The molecule has 3 rings (SSSR count). The van der Waals surface area contributed by atoms with E-state index in [0.717, 1.165) is 27.9 Å². The van der Waals surface area contributed by atoms with Gasteiger partial charge in [0.1, 0.15) is 0 Å². The second kappa shape index (κ2) is 4.31. The number of nitrogens with zero attached hydrogens (tertiary/aromatic N) is 2. The smallest absolute Gasteiger partial charge is 0.197 e. The summed E-state index contributed by atoms with van der Waals surface area (Å²) >= 11 is 5.03. The van der Waals surface area contributed by atoms with Crippen molar-refractivity contribution in [3.05, 3.63) is 53.1 Å². The Hall–Kier alpha value is -2.07. The van der Waals surface area contributed by atoms with Crippen molar-refractivity contribution in [2.75, 3.05) is 0 Å². The average molecular weight is 253 g/mol. The first-order valence-corrected chi connectivity index (χ1v) is 6.06. The molecule has 0 unspecified atom stereocenters. The number of nitrogens with one attached hydrogen (secondary N) is 1. The van der Waals surface area contributed by atoms with Crippen LogP contribution < -0.4 is 0 Å². The van der Waals surface area contributed by atoms with Crippen LogP contribution in [0, 0.1) is 11.7 Å². The van der Waals surface area contributed by atoms with Gasteiger partial charge in [0, 0.05) is 23.0 Å². The maximum Gasteiger partial charge on any atom is 0.197 e. The first-order chi connectivity index (χ1) is 8.72. The molecule has 2 heterocycles. The lowest BCUT2D eigenvalue weighted by atomic mass is 10.1. The summed E-state index contributed by atoms with van der Waals surface area (Å²) in [7, 11) is 0. The largest absolute Gasteiger partial charge is 0.330 e. The van der Waals surface area contributed by atoms with E-state index >= 15 is 0 Å². The quantitative estimate of drug-likeness (QED) is 0.673. The molecule has 0 atom stereocenters. The third-order valence-electron chi connectivity index (χ3n) is 2.81. The average Bonchev–Trinajstić information content (AvgIpc) is 2.38. The number of rotatable bonds is 1. The van der Waals surface area contributed by atoms with Gasteiger partial charge in [0.2, 0.25) is 0 Å². The Bertz CT molecular complexity index is 777. The lowest BCUT2D eigenvalue weighted by Crippen LogP contribution is -1.88. The molecule has 1 aromatic carbocycles. The zero-order valence-corrected chi connectivity index (χ0v) is 10.7. The summed E-state index contributed by atoms with van der Waals surface area (Å²) in [6.45, 7) is 1.99. The molecule has 18 heavy (non-hydrogen) atoms. The fourth-order valence-electron chi connectivity index (χ4n) is 1.93. The molecule has 88 valence electrons. The van der Waals surface area contributed by atoms with E-state index in [-0.39, 0.29) is 0 Å². The van der Waals surface area contributed by atoms with Crippen LogP contribution in [0.5, 0.6) is 0 Å². The maximum absolute atomic E-state index is 5.03. The molecule has 0 saturated carbocycles. The third-order valence-corrected chi connectivity index (χ3v) is 3.02. The normalized spacial score (nSPS) is 10.7. The highest BCUT2D eigenvalue weighted by Gasteiger charge is 2.01. The van der Waals surface area contributed by atoms with Crippen LogP contribution >= 0.6 is 12.2 Å². The van der Waals surface area contributed by atoms with Crippen molar-refractivity contribution in [3.8, 4) is 11.3 Å². The molecular weight excluding hydrogens is 242 g/mol. The van der Waals surface area contributed by atoms with Gasteiger partial charge in [-0.05, 0) is 49.0 Å². The summed E-state index contributed by atoms with van der Waals surface area (Å²) in [6.07, 6.45) is 1.71. The summed E-state index contributed by atoms with van der Waals surface area (Å²) in [4.78, 5) is 11.6. The second-order valence-corrected chi connectivity index (χ2v) is 4.54. The van der Waals surface area contributed by atoms with Gasteiger partial charge in [-0.15, -0.1) is 0 Å². The van der Waals surface area contributed by atoms with Crippen LogP contribution in [-0.4, -0.2) is 15.0 Å². The van der Waals surface area contributed by atoms with Crippen LogP contribution in [0.15, 0.2) is 42.6 Å². The van der Waals surface area contributed by atoms with E-state index in [0.29, 0.717) is 4.77 Å². The van der Waals surface area contributed by atoms with Gasteiger partial charge < -0.3 is 4.98 Å². The van der Waals surface area contributed by atoms with Crippen LogP contribution in [0.2, 0.25) is 0 Å². The zero-order chi connectivity index (χ0) is 12.5. The SMILES string of the molecule is Cc1ccc2cc(-c3ccnc(=S)[nH]3)ccc2n1. The zero-order valence-electron chi connectivity index (χ0n) is 9.84. The molecule has 0 aliphatic rings. The molecule has 0 spiro atoms. The van der Waals surface area contributed by atoms with Crippen molar-refractivity contribution < 1.29 is 0 Å². The van der Waals surface area contributed by atoms with E-state index < -0.39 is 0 Å². The van der Waals surface area contributed by atoms with Gasteiger partial charge in [0.15, 0.2) is 4.77 Å². The number of fused-ring (bicyclic) bond motifs is 1. The van der Waals surface area contributed by atoms with Gasteiger partial charge in [0.05, 0.1) is 5.52 Å².